The summed E-state index contributed by atoms with van der Waals surface area (Å²) in [6, 6.07) is 10.3. The summed E-state index contributed by atoms with van der Waals surface area (Å²) in [6.45, 7) is 0.867. The minimum atomic E-state index is -4.76. The topological polar surface area (TPSA) is 53.5 Å². The molecule has 0 spiro atoms. The average Bonchev–Trinajstić information content (AvgIpc) is 3.06. The van der Waals surface area contributed by atoms with Gasteiger partial charge in [0.15, 0.2) is 0 Å². The lowest BCUT2D eigenvalue weighted by Crippen LogP contribution is -2.56. The fourth-order valence-electron chi connectivity index (χ4n) is 3.28. The monoisotopic (exact) mass is 430 g/mol. The van der Waals surface area contributed by atoms with Crippen molar-refractivity contribution in [2.24, 2.45) is 0 Å². The number of hydroxylamine groups is 1. The molecule has 2 aromatic rings. The summed E-state index contributed by atoms with van der Waals surface area (Å²) in [4.78, 5) is 5.05. The highest BCUT2D eigenvalue weighted by Crippen LogP contribution is 2.48. The Hall–Kier alpha value is -1.77. The SMILES string of the molecule is OC1(c2ccc(C3=CC(c4cc(Cl)cc(Cl)c4)(C(F)(F)F)ON3)cc2)CNC1. The first kappa shape index (κ1) is 19.5. The molecule has 0 amide bonds. The van der Waals surface area contributed by atoms with Gasteiger partial charge in [0.05, 0.1) is 5.70 Å². The van der Waals surface area contributed by atoms with E-state index in [4.69, 9.17) is 28.0 Å². The van der Waals surface area contributed by atoms with Crippen LogP contribution < -0.4 is 10.8 Å². The van der Waals surface area contributed by atoms with Gasteiger partial charge in [0, 0.05) is 28.7 Å². The van der Waals surface area contributed by atoms with E-state index in [0.717, 1.165) is 6.08 Å². The smallest absolute Gasteiger partial charge is 0.382 e. The summed E-state index contributed by atoms with van der Waals surface area (Å²) >= 11 is 11.8. The van der Waals surface area contributed by atoms with Crippen LogP contribution in [0.2, 0.25) is 10.0 Å². The molecule has 0 aromatic heterocycles. The molecule has 148 valence electrons. The van der Waals surface area contributed by atoms with Gasteiger partial charge in [-0.3, -0.25) is 10.3 Å². The van der Waals surface area contributed by atoms with Crippen molar-refractivity contribution in [3.05, 3.63) is 75.3 Å². The molecule has 2 aliphatic rings. The van der Waals surface area contributed by atoms with Crippen LogP contribution in [0.15, 0.2) is 48.5 Å². The molecule has 9 heteroatoms. The molecule has 0 aliphatic carbocycles. The van der Waals surface area contributed by atoms with E-state index in [1.54, 1.807) is 24.3 Å². The molecule has 2 aliphatic heterocycles. The Bertz CT molecular complexity index is 923. The molecule has 0 bridgehead atoms. The molecule has 0 radical (unpaired) electrons. The zero-order chi connectivity index (χ0) is 20.2. The van der Waals surface area contributed by atoms with Crippen LogP contribution in [0.1, 0.15) is 16.7 Å². The molecular weight excluding hydrogens is 416 g/mol. The first-order valence-electron chi connectivity index (χ1n) is 8.37. The van der Waals surface area contributed by atoms with E-state index in [9.17, 15) is 18.3 Å². The lowest BCUT2D eigenvalue weighted by molar-refractivity contribution is -0.269. The van der Waals surface area contributed by atoms with E-state index in [2.05, 4.69) is 10.8 Å². The van der Waals surface area contributed by atoms with Crippen LogP contribution in [0.25, 0.3) is 5.70 Å². The van der Waals surface area contributed by atoms with E-state index in [-0.39, 0.29) is 21.3 Å². The maximum absolute atomic E-state index is 14.0. The molecule has 1 unspecified atom stereocenters. The number of halogens is 5. The predicted octanol–water partition coefficient (Wildman–Crippen LogP) is 4.12. The molecule has 4 nitrogen and oxygen atoms in total. The van der Waals surface area contributed by atoms with Crippen molar-refractivity contribution in [1.82, 2.24) is 10.8 Å². The maximum Gasteiger partial charge on any atom is 0.428 e. The Morgan fingerprint density at radius 2 is 1.57 bits per heavy atom. The lowest BCUT2D eigenvalue weighted by atomic mass is 9.87. The Kier molecular flexibility index (Phi) is 4.63. The molecule has 28 heavy (non-hydrogen) atoms. The Morgan fingerprint density at radius 3 is 2.07 bits per heavy atom. The van der Waals surface area contributed by atoms with E-state index in [0.29, 0.717) is 24.2 Å². The largest absolute Gasteiger partial charge is 0.428 e. The van der Waals surface area contributed by atoms with E-state index >= 15 is 0 Å². The number of aliphatic hydroxyl groups is 1. The van der Waals surface area contributed by atoms with E-state index in [1.807, 2.05) is 0 Å². The fraction of sp³-hybridized carbons (Fsp3) is 0.263. The second-order valence-corrected chi connectivity index (χ2v) is 7.74. The third-order valence-corrected chi connectivity index (χ3v) is 5.39. The number of benzene rings is 2. The molecule has 2 heterocycles. The van der Waals surface area contributed by atoms with Crippen molar-refractivity contribution < 1.29 is 23.1 Å². The number of rotatable bonds is 3. The van der Waals surface area contributed by atoms with Gasteiger partial charge in [-0.15, -0.1) is 0 Å². The van der Waals surface area contributed by atoms with Gasteiger partial charge < -0.3 is 10.4 Å². The minimum Gasteiger partial charge on any atom is -0.382 e. The van der Waals surface area contributed by atoms with Gasteiger partial charge in [0.2, 0.25) is 5.60 Å². The molecule has 4 rings (SSSR count). The quantitative estimate of drug-likeness (QED) is 0.685. The molecule has 2 aromatic carbocycles. The van der Waals surface area contributed by atoms with Gasteiger partial charge in [-0.05, 0) is 35.4 Å². The van der Waals surface area contributed by atoms with Crippen LogP contribution >= 0.6 is 23.2 Å². The number of β-amino-alcohol motifs (C(OH)–C–C–N with tert-alkyl or cyclic N) is 1. The Labute approximate surface area is 168 Å². The van der Waals surface area contributed by atoms with Gasteiger partial charge in [0.1, 0.15) is 5.60 Å². The van der Waals surface area contributed by atoms with Crippen LogP contribution in [-0.2, 0) is 16.0 Å². The molecular formula is C19H15Cl2F3N2O2. The third-order valence-electron chi connectivity index (χ3n) is 4.95. The van der Waals surface area contributed by atoms with Crippen molar-refractivity contribution in [1.29, 1.82) is 0 Å². The highest BCUT2D eigenvalue weighted by Gasteiger charge is 2.59. The predicted molar refractivity (Wildman–Crippen MR) is 99.6 cm³/mol. The van der Waals surface area contributed by atoms with Gasteiger partial charge in [-0.1, -0.05) is 47.5 Å². The lowest BCUT2D eigenvalue weighted by Gasteiger charge is -2.38. The molecule has 0 saturated carbocycles. The van der Waals surface area contributed by atoms with Crippen molar-refractivity contribution in [3.63, 3.8) is 0 Å². The highest BCUT2D eigenvalue weighted by atomic mass is 35.5. The van der Waals surface area contributed by atoms with Gasteiger partial charge in [-0.2, -0.15) is 13.2 Å². The number of nitrogens with one attached hydrogen (secondary N) is 2. The molecule has 1 fully saturated rings. The van der Waals surface area contributed by atoms with Gasteiger partial charge >= 0.3 is 6.18 Å². The van der Waals surface area contributed by atoms with Crippen LogP contribution in [0, 0.1) is 0 Å². The van der Waals surface area contributed by atoms with Crippen LogP contribution in [0.3, 0.4) is 0 Å². The third kappa shape index (κ3) is 3.17. The highest BCUT2D eigenvalue weighted by molar-refractivity contribution is 6.34. The van der Waals surface area contributed by atoms with Gasteiger partial charge in [-0.25, -0.2) is 0 Å². The zero-order valence-corrected chi connectivity index (χ0v) is 15.8. The van der Waals surface area contributed by atoms with E-state index < -0.39 is 17.4 Å². The van der Waals surface area contributed by atoms with Crippen LogP contribution in [0.5, 0.6) is 0 Å². The zero-order valence-electron chi connectivity index (χ0n) is 14.3. The maximum atomic E-state index is 14.0. The van der Waals surface area contributed by atoms with Crippen LogP contribution in [-0.4, -0.2) is 24.4 Å². The number of hydrogen-bond acceptors (Lipinski definition) is 4. The second-order valence-electron chi connectivity index (χ2n) is 6.87. The van der Waals surface area contributed by atoms with Crippen molar-refractivity contribution in [2.45, 2.75) is 17.4 Å². The first-order valence-corrected chi connectivity index (χ1v) is 9.13. The summed E-state index contributed by atoms with van der Waals surface area (Å²) in [6.07, 6.45) is -3.80. The van der Waals surface area contributed by atoms with Crippen molar-refractivity contribution in [3.8, 4) is 0 Å². The standard InChI is InChI=1S/C19H15Cl2F3N2O2/c20-14-5-13(6-15(21)7-14)18(19(22,23)24)8-16(26-28-18)11-1-3-12(4-2-11)17(27)9-25-10-17/h1-8,25-27H,9-10H2. The normalized spacial score (nSPS) is 23.7. The summed E-state index contributed by atoms with van der Waals surface area (Å²) in [5.41, 5.74) is -0.202. The van der Waals surface area contributed by atoms with E-state index in [1.165, 1.54) is 18.2 Å². The Morgan fingerprint density at radius 1 is 0.964 bits per heavy atom. The number of alkyl halides is 3. The van der Waals surface area contributed by atoms with Crippen molar-refractivity contribution in [2.75, 3.05) is 13.1 Å². The summed E-state index contributed by atoms with van der Waals surface area (Å²) < 4.78 is 42.0. The first-order chi connectivity index (χ1) is 13.1. The van der Waals surface area contributed by atoms with Gasteiger partial charge in [0.25, 0.3) is 0 Å². The number of hydrogen-bond donors (Lipinski definition) is 3. The summed E-state index contributed by atoms with van der Waals surface area (Å²) in [7, 11) is 0. The summed E-state index contributed by atoms with van der Waals surface area (Å²) in [5.74, 6) is 0. The summed E-state index contributed by atoms with van der Waals surface area (Å²) in [5, 5.41) is 13.5. The molecule has 3 N–H and O–H groups in total. The second kappa shape index (κ2) is 6.64. The molecule has 1 saturated heterocycles. The fourth-order valence-corrected chi connectivity index (χ4v) is 3.81. The average molecular weight is 431 g/mol. The van der Waals surface area contributed by atoms with Crippen LogP contribution in [0.4, 0.5) is 13.2 Å². The Balaban J connectivity index is 1.73. The molecule has 1 atom stereocenters. The van der Waals surface area contributed by atoms with Crippen molar-refractivity contribution >= 4 is 28.9 Å². The minimum absolute atomic E-state index is 0.0725.